The Morgan fingerprint density at radius 1 is 0.804 bits per heavy atom. The van der Waals surface area contributed by atoms with E-state index in [9.17, 15) is 24.0 Å². The van der Waals surface area contributed by atoms with E-state index in [-0.39, 0.29) is 68.3 Å². The Labute approximate surface area is 329 Å². The highest BCUT2D eigenvalue weighted by atomic mass is 16.6. The molecule has 2 fully saturated rings. The second kappa shape index (κ2) is 18.8. The van der Waals surface area contributed by atoms with Crippen LogP contribution in [0.1, 0.15) is 135 Å². The number of hydrogen-bond donors (Lipinski definition) is 1. The molecule has 56 heavy (non-hydrogen) atoms. The molecule has 2 aliphatic heterocycles. The third kappa shape index (κ3) is 9.96. The van der Waals surface area contributed by atoms with Crippen LogP contribution in [0.25, 0.3) is 0 Å². The van der Waals surface area contributed by atoms with Crippen LogP contribution in [0, 0.1) is 0 Å². The van der Waals surface area contributed by atoms with E-state index in [0.29, 0.717) is 49.5 Å². The maximum atomic E-state index is 13.6. The Morgan fingerprint density at radius 2 is 1.30 bits per heavy atom. The molecule has 2 aromatic carbocycles. The van der Waals surface area contributed by atoms with E-state index in [2.05, 4.69) is 9.97 Å². The summed E-state index contributed by atoms with van der Waals surface area (Å²) in [6.07, 6.45) is 5.94. The lowest BCUT2D eigenvalue weighted by molar-refractivity contribution is -0.0988. The van der Waals surface area contributed by atoms with E-state index >= 15 is 0 Å². The molecule has 0 spiro atoms. The number of fused-ring (bicyclic) bond motifs is 1. The number of rotatable bonds is 8. The van der Waals surface area contributed by atoms with Crippen molar-refractivity contribution in [3.63, 3.8) is 0 Å². The number of ether oxygens (including phenoxy) is 2. The molecule has 0 saturated carbocycles. The molecule has 1 N–H and O–H groups in total. The monoisotopic (exact) mass is 772 g/mol. The maximum absolute atomic E-state index is 13.6. The number of carboxylic acids is 1. The van der Waals surface area contributed by atoms with E-state index in [1.54, 1.807) is 52.0 Å². The summed E-state index contributed by atoms with van der Waals surface area (Å²) in [6.45, 7) is 14.1. The van der Waals surface area contributed by atoms with Crippen molar-refractivity contribution in [2.45, 2.75) is 99.6 Å². The van der Waals surface area contributed by atoms with Gasteiger partial charge in [0, 0.05) is 30.8 Å². The molecule has 0 bridgehead atoms. The zero-order chi connectivity index (χ0) is 39.3. The highest BCUT2D eigenvalue weighted by molar-refractivity contribution is 5.96. The first-order chi connectivity index (χ1) is 25.6. The number of hydrogen-bond acceptors (Lipinski definition) is 9. The van der Waals surface area contributed by atoms with Crippen molar-refractivity contribution < 1.29 is 38.6 Å². The van der Waals surface area contributed by atoms with Crippen LogP contribution in [0.2, 0.25) is 0 Å². The standard InChI is InChI=1S/C26H34N4O5.C14H14N2O3.2CH4/c1-17(19-8-6-7-9-20(19)18(2)31)30-16-27-14-22(30)24(32)28-11-10-21-23(15-28)34-13-12-29(21)25(33)35-26(3,4)5;1-9(16-8-15-7-13(16)14(18)19)11-5-3-4-6-12(11)10(2)17;;/h6-9,14,16-17,21,23H,10-13,15H2,1-5H3;3-9H,1-2H3,(H,18,19);2*1H4/t17-,21+,23+;9-;;/m00../s1. The quantitative estimate of drug-likeness (QED) is 0.181. The number of amides is 2. The highest BCUT2D eigenvalue weighted by Crippen LogP contribution is 2.29. The third-order valence-corrected chi connectivity index (χ3v) is 9.69. The van der Waals surface area contributed by atoms with Crippen LogP contribution >= 0.6 is 0 Å². The number of aromatic carboxylic acids is 1. The number of nitrogens with zero attached hydrogens (tertiary/aromatic N) is 6. The lowest BCUT2D eigenvalue weighted by Gasteiger charge is -2.46. The predicted molar refractivity (Wildman–Crippen MR) is 212 cm³/mol. The molecule has 0 aliphatic carbocycles. The number of Topliss-reactive ketones (excluding diaryl/α,β-unsaturated/α-hetero) is 2. The lowest BCUT2D eigenvalue weighted by Crippen LogP contribution is -2.61. The van der Waals surface area contributed by atoms with Gasteiger partial charge in [0.2, 0.25) is 0 Å². The van der Waals surface area contributed by atoms with Gasteiger partial charge in [-0.25, -0.2) is 19.6 Å². The number of morpholine rings is 1. The maximum Gasteiger partial charge on any atom is 0.410 e. The topological polar surface area (TPSA) is 166 Å². The molecule has 0 unspecified atom stereocenters. The van der Waals surface area contributed by atoms with Gasteiger partial charge in [0.05, 0.1) is 55.9 Å². The zero-order valence-corrected chi connectivity index (χ0v) is 31.8. The third-order valence-electron chi connectivity index (χ3n) is 9.69. The molecule has 302 valence electrons. The number of imidazole rings is 2. The Morgan fingerprint density at radius 3 is 1.80 bits per heavy atom. The first-order valence-corrected chi connectivity index (χ1v) is 18.0. The molecule has 14 nitrogen and oxygen atoms in total. The Hall–Kier alpha value is -5.63. The number of carbonyl (C=O) groups excluding carboxylic acids is 4. The number of aromatic nitrogens is 4. The fourth-order valence-electron chi connectivity index (χ4n) is 7.01. The van der Waals surface area contributed by atoms with Crippen molar-refractivity contribution in [3.05, 3.63) is 107 Å². The summed E-state index contributed by atoms with van der Waals surface area (Å²) in [6, 6.07) is 14.0. The van der Waals surface area contributed by atoms with Crippen molar-refractivity contribution >= 4 is 29.5 Å². The van der Waals surface area contributed by atoms with Gasteiger partial charge < -0.3 is 33.5 Å². The Bertz CT molecular complexity index is 2010. The second-order valence-corrected chi connectivity index (χ2v) is 14.5. The molecular formula is C42H56N6O8. The molecule has 2 saturated heterocycles. The van der Waals surface area contributed by atoms with Gasteiger partial charge in [-0.15, -0.1) is 0 Å². The molecular weight excluding hydrogens is 716 g/mol. The fourth-order valence-corrected chi connectivity index (χ4v) is 7.01. The van der Waals surface area contributed by atoms with Crippen LogP contribution in [0.15, 0.2) is 73.6 Å². The second-order valence-electron chi connectivity index (χ2n) is 14.5. The number of benzene rings is 2. The molecule has 2 aliphatic rings. The predicted octanol–water partition coefficient (Wildman–Crippen LogP) is 7.21. The molecule has 6 rings (SSSR count). The SMILES string of the molecule is C.C.CC(=O)c1ccccc1[C@H](C)n1cncc1C(=O)N1CC[C@@H]2[C@@H](C1)OCCN2C(=O)OC(C)(C)C.CC(=O)c1ccccc1[C@H](C)n1cncc1C(=O)O. The van der Waals surface area contributed by atoms with E-state index in [4.69, 9.17) is 14.6 Å². The van der Waals surface area contributed by atoms with Crippen molar-refractivity contribution in [2.75, 3.05) is 26.2 Å². The van der Waals surface area contributed by atoms with Gasteiger partial charge in [0.15, 0.2) is 11.6 Å². The Balaban J connectivity index is 0.000000341. The van der Waals surface area contributed by atoms with E-state index < -0.39 is 11.6 Å². The zero-order valence-electron chi connectivity index (χ0n) is 31.8. The molecule has 0 radical (unpaired) electrons. The summed E-state index contributed by atoms with van der Waals surface area (Å²) in [4.78, 5) is 72.8. The number of carboxylic acid groups (broad SMARTS) is 1. The van der Waals surface area contributed by atoms with Crippen LogP contribution in [-0.2, 0) is 9.47 Å². The van der Waals surface area contributed by atoms with Gasteiger partial charge in [-0.3, -0.25) is 14.4 Å². The summed E-state index contributed by atoms with van der Waals surface area (Å²) in [7, 11) is 0. The molecule has 4 atom stereocenters. The average Bonchev–Trinajstić information content (AvgIpc) is 3.84. The summed E-state index contributed by atoms with van der Waals surface area (Å²) in [5, 5.41) is 9.10. The smallest absolute Gasteiger partial charge is 0.410 e. The normalized spacial score (nSPS) is 17.4. The van der Waals surface area contributed by atoms with Gasteiger partial charge in [-0.2, -0.15) is 0 Å². The highest BCUT2D eigenvalue weighted by Gasteiger charge is 2.42. The van der Waals surface area contributed by atoms with Crippen LogP contribution in [0.5, 0.6) is 0 Å². The summed E-state index contributed by atoms with van der Waals surface area (Å²) >= 11 is 0. The number of likely N-dealkylation sites (tertiary alicyclic amines) is 1. The van der Waals surface area contributed by atoms with E-state index in [0.717, 1.165) is 11.1 Å². The number of ketones is 2. The van der Waals surface area contributed by atoms with Gasteiger partial charge >= 0.3 is 12.1 Å². The lowest BCUT2D eigenvalue weighted by atomic mass is 9.97. The van der Waals surface area contributed by atoms with Crippen LogP contribution in [0.4, 0.5) is 4.79 Å². The van der Waals surface area contributed by atoms with Gasteiger partial charge in [-0.05, 0) is 66.0 Å². The molecule has 2 amide bonds. The Kier molecular flexibility index (Phi) is 15.0. The van der Waals surface area contributed by atoms with Crippen LogP contribution < -0.4 is 0 Å². The van der Waals surface area contributed by atoms with Crippen LogP contribution in [-0.4, -0.2) is 108 Å². The van der Waals surface area contributed by atoms with Crippen molar-refractivity contribution in [3.8, 4) is 0 Å². The average molecular weight is 773 g/mol. The summed E-state index contributed by atoms with van der Waals surface area (Å²) in [5.41, 5.74) is 2.84. The number of piperidine rings is 1. The minimum absolute atomic E-state index is 0. The summed E-state index contributed by atoms with van der Waals surface area (Å²) in [5.74, 6) is -1.25. The molecule has 2 aromatic heterocycles. The molecule has 4 aromatic rings. The van der Waals surface area contributed by atoms with Gasteiger partial charge in [-0.1, -0.05) is 63.4 Å². The van der Waals surface area contributed by atoms with Gasteiger partial charge in [0.1, 0.15) is 17.0 Å². The fraction of sp³-hybridized carbons (Fsp3) is 0.452. The summed E-state index contributed by atoms with van der Waals surface area (Å²) < 4.78 is 14.9. The minimum Gasteiger partial charge on any atom is -0.477 e. The minimum atomic E-state index is -1.04. The van der Waals surface area contributed by atoms with Crippen molar-refractivity contribution in [1.29, 1.82) is 0 Å². The number of carbonyl (C=O) groups is 5. The van der Waals surface area contributed by atoms with E-state index in [1.807, 2.05) is 69.5 Å². The first kappa shape index (κ1) is 44.8. The van der Waals surface area contributed by atoms with Crippen LogP contribution in [0.3, 0.4) is 0 Å². The molecule has 4 heterocycles. The largest absolute Gasteiger partial charge is 0.477 e. The molecule has 14 heteroatoms. The van der Waals surface area contributed by atoms with Crippen molar-refractivity contribution in [2.24, 2.45) is 0 Å². The van der Waals surface area contributed by atoms with Crippen molar-refractivity contribution in [1.82, 2.24) is 28.9 Å². The van der Waals surface area contributed by atoms with E-state index in [1.165, 1.54) is 19.4 Å². The first-order valence-electron chi connectivity index (χ1n) is 18.0. The van der Waals surface area contributed by atoms with Gasteiger partial charge in [0.25, 0.3) is 5.91 Å².